The molecular weight excluding hydrogens is 533 g/mol. The van der Waals surface area contributed by atoms with E-state index in [2.05, 4.69) is 9.97 Å². The van der Waals surface area contributed by atoms with Crippen molar-refractivity contribution in [2.75, 3.05) is 11.6 Å². The SMILES string of the molecule is O=C(O)c1cnc(OCc2cccc(C(F)(F)F)c2)nc1N1CC(c2ccccc2)C(c2ccc(Cl)cc2)=N1. The second-order valence-corrected chi connectivity index (χ2v) is 9.16. The summed E-state index contributed by atoms with van der Waals surface area (Å²) in [4.78, 5) is 20.3. The maximum absolute atomic E-state index is 13.1. The minimum atomic E-state index is -4.49. The Morgan fingerprint density at radius 3 is 2.49 bits per heavy atom. The number of hydrogen-bond acceptors (Lipinski definition) is 6. The van der Waals surface area contributed by atoms with E-state index in [9.17, 15) is 23.1 Å². The number of carbonyl (C=O) groups is 1. The zero-order chi connectivity index (χ0) is 27.6. The van der Waals surface area contributed by atoms with Crippen LogP contribution >= 0.6 is 11.6 Å². The molecule has 1 aromatic heterocycles. The van der Waals surface area contributed by atoms with Gasteiger partial charge in [0, 0.05) is 10.9 Å². The number of nitrogens with zero attached hydrogens (tertiary/aromatic N) is 4. The first-order valence-corrected chi connectivity index (χ1v) is 12.1. The highest BCUT2D eigenvalue weighted by Gasteiger charge is 2.33. The smallest absolute Gasteiger partial charge is 0.416 e. The zero-order valence-electron chi connectivity index (χ0n) is 20.1. The molecule has 0 amide bonds. The van der Waals surface area contributed by atoms with Crippen LogP contribution in [-0.2, 0) is 12.8 Å². The second kappa shape index (κ2) is 10.7. The molecule has 2 heterocycles. The lowest BCUT2D eigenvalue weighted by molar-refractivity contribution is -0.137. The Balaban J connectivity index is 1.47. The third kappa shape index (κ3) is 5.85. The van der Waals surface area contributed by atoms with Crippen molar-refractivity contribution in [1.29, 1.82) is 0 Å². The largest absolute Gasteiger partial charge is 0.477 e. The number of alkyl halides is 3. The van der Waals surface area contributed by atoms with Gasteiger partial charge in [-0.1, -0.05) is 66.2 Å². The Morgan fingerprint density at radius 1 is 1.05 bits per heavy atom. The molecule has 1 N–H and O–H groups in total. The fourth-order valence-corrected chi connectivity index (χ4v) is 4.35. The van der Waals surface area contributed by atoms with E-state index in [1.54, 1.807) is 12.1 Å². The molecule has 11 heteroatoms. The monoisotopic (exact) mass is 552 g/mol. The first kappa shape index (κ1) is 26.2. The van der Waals surface area contributed by atoms with E-state index in [0.29, 0.717) is 10.7 Å². The van der Waals surface area contributed by atoms with Gasteiger partial charge < -0.3 is 9.84 Å². The van der Waals surface area contributed by atoms with Gasteiger partial charge in [-0.2, -0.15) is 23.3 Å². The van der Waals surface area contributed by atoms with Gasteiger partial charge in [0.25, 0.3) is 0 Å². The van der Waals surface area contributed by atoms with Crippen molar-refractivity contribution >= 4 is 29.1 Å². The molecule has 4 aromatic rings. The highest BCUT2D eigenvalue weighted by atomic mass is 35.5. The van der Waals surface area contributed by atoms with Gasteiger partial charge in [-0.05, 0) is 41.0 Å². The van der Waals surface area contributed by atoms with Gasteiger partial charge in [0.15, 0.2) is 5.82 Å². The maximum Gasteiger partial charge on any atom is 0.416 e. The Bertz CT molecular complexity index is 1530. The summed E-state index contributed by atoms with van der Waals surface area (Å²) in [6.45, 7) is 0.0358. The van der Waals surface area contributed by atoms with E-state index < -0.39 is 17.7 Å². The Labute approximate surface area is 226 Å². The standard InChI is InChI=1S/C28H20ClF3N4O3/c29-21-11-9-19(10-12-21)24-23(18-6-2-1-3-7-18)15-36(35-24)25-22(26(37)38)14-33-27(34-25)39-16-17-5-4-8-20(13-17)28(30,31)32/h1-14,23H,15-16H2,(H,37,38). The maximum atomic E-state index is 13.1. The van der Waals surface area contributed by atoms with Gasteiger partial charge in [0.2, 0.25) is 0 Å². The molecule has 39 heavy (non-hydrogen) atoms. The number of aromatic carboxylic acids is 1. The van der Waals surface area contributed by atoms with Crippen LogP contribution in [0.15, 0.2) is 90.2 Å². The van der Waals surface area contributed by atoms with Crippen LogP contribution in [0, 0.1) is 0 Å². The fourth-order valence-electron chi connectivity index (χ4n) is 4.22. The van der Waals surface area contributed by atoms with Gasteiger partial charge in [0.05, 0.1) is 24.0 Å². The van der Waals surface area contributed by atoms with Gasteiger partial charge >= 0.3 is 18.2 Å². The predicted molar refractivity (Wildman–Crippen MR) is 139 cm³/mol. The van der Waals surface area contributed by atoms with Gasteiger partial charge in [-0.15, -0.1) is 0 Å². The summed E-state index contributed by atoms with van der Waals surface area (Å²) in [5.74, 6) is -1.47. The Hall–Kier alpha value is -4.44. The summed E-state index contributed by atoms with van der Waals surface area (Å²) in [5, 5.41) is 16.6. The number of aromatic nitrogens is 2. The van der Waals surface area contributed by atoms with Crippen molar-refractivity contribution in [3.63, 3.8) is 0 Å². The van der Waals surface area contributed by atoms with Crippen molar-refractivity contribution in [1.82, 2.24) is 9.97 Å². The Morgan fingerprint density at radius 2 is 1.79 bits per heavy atom. The third-order valence-corrected chi connectivity index (χ3v) is 6.35. The third-order valence-electron chi connectivity index (χ3n) is 6.10. The highest BCUT2D eigenvalue weighted by molar-refractivity contribution is 6.30. The molecule has 0 fully saturated rings. The first-order chi connectivity index (χ1) is 18.7. The molecule has 5 rings (SSSR count). The van der Waals surface area contributed by atoms with Crippen molar-refractivity contribution in [3.05, 3.63) is 118 Å². The number of hydrazone groups is 1. The first-order valence-electron chi connectivity index (χ1n) is 11.8. The number of anilines is 1. The minimum absolute atomic E-state index is 0.00133. The number of rotatable bonds is 7. The highest BCUT2D eigenvalue weighted by Crippen LogP contribution is 2.34. The minimum Gasteiger partial charge on any atom is -0.477 e. The van der Waals surface area contributed by atoms with Crippen LogP contribution in [-0.4, -0.2) is 33.3 Å². The molecule has 1 unspecified atom stereocenters. The molecule has 3 aromatic carbocycles. The molecule has 7 nitrogen and oxygen atoms in total. The van der Waals surface area contributed by atoms with E-state index in [1.807, 2.05) is 42.5 Å². The molecule has 0 spiro atoms. The molecule has 1 atom stereocenters. The average molecular weight is 553 g/mol. The van der Waals surface area contributed by atoms with Crippen LogP contribution in [0.4, 0.5) is 19.0 Å². The second-order valence-electron chi connectivity index (χ2n) is 8.72. The van der Waals surface area contributed by atoms with Crippen molar-refractivity contribution in [2.24, 2.45) is 5.10 Å². The van der Waals surface area contributed by atoms with Gasteiger partial charge in [-0.25, -0.2) is 14.8 Å². The lowest BCUT2D eigenvalue weighted by atomic mass is 9.91. The molecule has 198 valence electrons. The van der Waals surface area contributed by atoms with Crippen LogP contribution in [0.2, 0.25) is 5.02 Å². The van der Waals surface area contributed by atoms with Crippen molar-refractivity contribution < 1.29 is 27.8 Å². The molecule has 1 aliphatic heterocycles. The lowest BCUT2D eigenvalue weighted by Gasteiger charge is -2.18. The number of carboxylic acids is 1. The van der Waals surface area contributed by atoms with Crippen LogP contribution < -0.4 is 9.75 Å². The number of benzene rings is 3. The van der Waals surface area contributed by atoms with Crippen LogP contribution in [0.5, 0.6) is 6.01 Å². The molecule has 0 saturated heterocycles. The summed E-state index contributed by atoms with van der Waals surface area (Å²) in [5.41, 5.74) is 1.72. The molecular formula is C28H20ClF3N4O3. The van der Waals surface area contributed by atoms with E-state index >= 15 is 0 Å². The number of hydrogen-bond donors (Lipinski definition) is 1. The van der Waals surface area contributed by atoms with E-state index in [-0.39, 0.29) is 42.0 Å². The molecule has 0 aliphatic carbocycles. The van der Waals surface area contributed by atoms with Crippen LogP contribution in [0.25, 0.3) is 0 Å². The van der Waals surface area contributed by atoms with E-state index in [0.717, 1.165) is 29.5 Å². The summed E-state index contributed by atoms with van der Waals surface area (Å²) < 4.78 is 44.7. The molecule has 1 aliphatic rings. The summed E-state index contributed by atoms with van der Waals surface area (Å²) >= 11 is 6.07. The van der Waals surface area contributed by atoms with E-state index in [1.165, 1.54) is 17.1 Å². The number of carboxylic acid groups (broad SMARTS) is 1. The molecule has 0 radical (unpaired) electrons. The predicted octanol–water partition coefficient (Wildman–Crippen LogP) is 6.43. The van der Waals surface area contributed by atoms with E-state index in [4.69, 9.17) is 21.4 Å². The van der Waals surface area contributed by atoms with Crippen molar-refractivity contribution in [3.8, 4) is 6.01 Å². The average Bonchev–Trinajstić information content (AvgIpc) is 3.38. The van der Waals surface area contributed by atoms with Crippen molar-refractivity contribution in [2.45, 2.75) is 18.7 Å². The molecule has 0 saturated carbocycles. The quantitative estimate of drug-likeness (QED) is 0.284. The topological polar surface area (TPSA) is 87.9 Å². The fraction of sp³-hybridized carbons (Fsp3) is 0.143. The van der Waals surface area contributed by atoms with Gasteiger partial charge in [0.1, 0.15) is 12.2 Å². The summed E-state index contributed by atoms with van der Waals surface area (Å²) in [6.07, 6.45) is -3.40. The summed E-state index contributed by atoms with van der Waals surface area (Å²) in [7, 11) is 0. The normalized spacial score (nSPS) is 15.2. The number of ether oxygens (including phenoxy) is 1. The summed E-state index contributed by atoms with van der Waals surface area (Å²) in [6, 6.07) is 21.3. The van der Waals surface area contributed by atoms with Crippen LogP contribution in [0.3, 0.4) is 0 Å². The number of halogens is 4. The Kier molecular flexibility index (Phi) is 7.21. The molecule has 0 bridgehead atoms. The van der Waals surface area contributed by atoms with Gasteiger partial charge in [-0.3, -0.25) is 0 Å². The lowest BCUT2D eigenvalue weighted by Crippen LogP contribution is -2.22. The van der Waals surface area contributed by atoms with Crippen LogP contribution in [0.1, 0.15) is 38.5 Å². The zero-order valence-corrected chi connectivity index (χ0v) is 20.9.